The topological polar surface area (TPSA) is 77.7 Å². The van der Waals surface area contributed by atoms with Gasteiger partial charge in [0.1, 0.15) is 5.82 Å². The first-order valence-corrected chi connectivity index (χ1v) is 10.2. The molecule has 1 amide bonds. The summed E-state index contributed by atoms with van der Waals surface area (Å²) in [4.78, 5) is 18.6. The number of benzene rings is 2. The highest BCUT2D eigenvalue weighted by Gasteiger charge is 2.34. The molecule has 2 heterocycles. The zero-order valence-corrected chi connectivity index (χ0v) is 17.9. The highest BCUT2D eigenvalue weighted by molar-refractivity contribution is 6.30. The van der Waals surface area contributed by atoms with E-state index in [1.54, 1.807) is 30.2 Å². The number of aromatic nitrogens is 2. The Hall–Kier alpha value is -3.13. The number of likely N-dealkylation sites (tertiary alicyclic amines) is 1. The monoisotopic (exact) mass is 445 g/mol. The largest absolute Gasteiger partial charge is 0.493 e. The minimum absolute atomic E-state index is 0.0343. The average Bonchev–Trinajstić information content (AvgIpc) is 3.39. The van der Waals surface area contributed by atoms with Gasteiger partial charge in [-0.2, -0.15) is 4.98 Å². The van der Waals surface area contributed by atoms with Crippen molar-refractivity contribution in [2.75, 3.05) is 20.3 Å². The quantitative estimate of drug-likeness (QED) is 0.534. The number of hydrogen-bond acceptors (Lipinski definition) is 6. The van der Waals surface area contributed by atoms with Gasteiger partial charge >= 0.3 is 0 Å². The van der Waals surface area contributed by atoms with Gasteiger partial charge in [-0.3, -0.25) is 4.79 Å². The minimum Gasteiger partial charge on any atom is -0.493 e. The van der Waals surface area contributed by atoms with Crippen molar-refractivity contribution in [2.45, 2.75) is 25.8 Å². The normalized spacial score (nSPS) is 16.1. The second-order valence-electron chi connectivity index (χ2n) is 7.18. The Bertz CT molecular complexity index is 1100. The van der Waals surface area contributed by atoms with Crippen LogP contribution in [0.5, 0.6) is 11.5 Å². The SMILES string of the molecule is CCOc1ccc(-c2noc(C3CC(=O)N(Cc4ccc(F)c(Cl)c4)C3)n2)cc1OC. The first-order valence-electron chi connectivity index (χ1n) is 9.85. The number of hydrogen-bond donors (Lipinski definition) is 0. The summed E-state index contributed by atoms with van der Waals surface area (Å²) < 4.78 is 29.7. The average molecular weight is 446 g/mol. The maximum absolute atomic E-state index is 13.4. The summed E-state index contributed by atoms with van der Waals surface area (Å²) in [6, 6.07) is 9.84. The molecule has 0 radical (unpaired) electrons. The lowest BCUT2D eigenvalue weighted by atomic mass is 10.1. The number of amides is 1. The lowest BCUT2D eigenvalue weighted by Gasteiger charge is -2.16. The fraction of sp³-hybridized carbons (Fsp3) is 0.318. The van der Waals surface area contributed by atoms with E-state index in [4.69, 9.17) is 25.6 Å². The highest BCUT2D eigenvalue weighted by atomic mass is 35.5. The van der Waals surface area contributed by atoms with Gasteiger partial charge in [-0.15, -0.1) is 0 Å². The molecule has 0 aliphatic carbocycles. The zero-order chi connectivity index (χ0) is 22.0. The van der Waals surface area contributed by atoms with Crippen LogP contribution in [0.25, 0.3) is 11.4 Å². The van der Waals surface area contributed by atoms with Gasteiger partial charge in [0.05, 0.1) is 24.7 Å². The third-order valence-electron chi connectivity index (χ3n) is 5.08. The molecule has 0 saturated carbocycles. The zero-order valence-electron chi connectivity index (χ0n) is 17.1. The van der Waals surface area contributed by atoms with Crippen LogP contribution in [0, 0.1) is 5.82 Å². The van der Waals surface area contributed by atoms with Crippen LogP contribution in [0.1, 0.15) is 30.7 Å². The molecule has 0 N–H and O–H groups in total. The predicted molar refractivity (Wildman–Crippen MR) is 112 cm³/mol. The predicted octanol–water partition coefficient (Wildman–Crippen LogP) is 4.45. The maximum atomic E-state index is 13.4. The van der Waals surface area contributed by atoms with Crippen molar-refractivity contribution in [1.29, 1.82) is 0 Å². The summed E-state index contributed by atoms with van der Waals surface area (Å²) in [5, 5.41) is 4.10. The van der Waals surface area contributed by atoms with E-state index in [-0.39, 0.29) is 23.3 Å². The standard InChI is InChI=1S/C22H21ClFN3O4/c1-3-30-18-7-5-14(9-19(18)29-2)21-25-22(31-26-21)15-10-20(28)27(12-15)11-13-4-6-17(24)16(23)8-13/h4-9,15H,3,10-12H2,1-2H3. The van der Waals surface area contributed by atoms with E-state index < -0.39 is 5.82 Å². The first-order chi connectivity index (χ1) is 15.0. The Balaban J connectivity index is 1.48. The van der Waals surface area contributed by atoms with Crippen LogP contribution >= 0.6 is 11.6 Å². The van der Waals surface area contributed by atoms with Crippen LogP contribution in [0.2, 0.25) is 5.02 Å². The molecule has 1 saturated heterocycles. The molecule has 1 aromatic heterocycles. The van der Waals surface area contributed by atoms with Crippen molar-refractivity contribution >= 4 is 17.5 Å². The molecular weight excluding hydrogens is 425 g/mol. The Morgan fingerprint density at radius 2 is 2.10 bits per heavy atom. The van der Waals surface area contributed by atoms with Crippen LogP contribution in [0.15, 0.2) is 40.9 Å². The molecule has 7 nitrogen and oxygen atoms in total. The van der Waals surface area contributed by atoms with E-state index >= 15 is 0 Å². The lowest BCUT2D eigenvalue weighted by molar-refractivity contribution is -0.128. The van der Waals surface area contributed by atoms with Crippen LogP contribution in [-0.4, -0.2) is 41.2 Å². The molecule has 9 heteroatoms. The lowest BCUT2D eigenvalue weighted by Crippen LogP contribution is -2.24. The molecule has 0 spiro atoms. The van der Waals surface area contributed by atoms with Crippen molar-refractivity contribution in [3.63, 3.8) is 0 Å². The molecule has 1 atom stereocenters. The van der Waals surface area contributed by atoms with E-state index in [1.165, 1.54) is 12.1 Å². The van der Waals surface area contributed by atoms with Crippen LogP contribution < -0.4 is 9.47 Å². The summed E-state index contributed by atoms with van der Waals surface area (Å²) >= 11 is 5.84. The molecule has 31 heavy (non-hydrogen) atoms. The van der Waals surface area contributed by atoms with Crippen LogP contribution in [0.3, 0.4) is 0 Å². The van der Waals surface area contributed by atoms with E-state index in [1.807, 2.05) is 13.0 Å². The van der Waals surface area contributed by atoms with Crippen molar-refractivity contribution in [1.82, 2.24) is 15.0 Å². The maximum Gasteiger partial charge on any atom is 0.232 e. The fourth-order valence-electron chi connectivity index (χ4n) is 3.55. The number of carbonyl (C=O) groups is 1. The number of methoxy groups -OCH3 is 1. The molecule has 1 aliphatic heterocycles. The van der Waals surface area contributed by atoms with Gasteiger partial charge in [0, 0.05) is 25.1 Å². The number of ether oxygens (including phenoxy) is 2. The molecule has 1 unspecified atom stereocenters. The van der Waals surface area contributed by atoms with Crippen molar-refractivity contribution in [3.05, 3.63) is 58.7 Å². The van der Waals surface area contributed by atoms with Crippen molar-refractivity contribution < 1.29 is 23.2 Å². The molecule has 162 valence electrons. The van der Waals surface area contributed by atoms with Gasteiger partial charge in [0.25, 0.3) is 0 Å². The van der Waals surface area contributed by atoms with Crippen LogP contribution in [-0.2, 0) is 11.3 Å². The van der Waals surface area contributed by atoms with Gasteiger partial charge in [0.2, 0.25) is 17.6 Å². The second kappa shape index (κ2) is 8.93. The number of rotatable bonds is 7. The van der Waals surface area contributed by atoms with Crippen molar-refractivity contribution in [3.8, 4) is 22.9 Å². The summed E-state index contributed by atoms with van der Waals surface area (Å²) in [6.07, 6.45) is 0.267. The Labute approximate surface area is 183 Å². The fourth-order valence-corrected chi connectivity index (χ4v) is 3.75. The van der Waals surface area contributed by atoms with Gasteiger partial charge in [-0.05, 0) is 42.8 Å². The number of halogens is 2. The Morgan fingerprint density at radius 1 is 1.26 bits per heavy atom. The summed E-state index contributed by atoms with van der Waals surface area (Å²) in [5.74, 6) is 1.28. The second-order valence-corrected chi connectivity index (χ2v) is 7.59. The molecule has 3 aromatic rings. The van der Waals surface area contributed by atoms with Crippen molar-refractivity contribution in [2.24, 2.45) is 0 Å². The van der Waals surface area contributed by atoms with E-state index in [0.29, 0.717) is 42.9 Å². The molecule has 0 bridgehead atoms. The summed E-state index contributed by atoms with van der Waals surface area (Å²) in [5.41, 5.74) is 1.48. The third kappa shape index (κ3) is 4.49. The van der Waals surface area contributed by atoms with E-state index in [9.17, 15) is 9.18 Å². The van der Waals surface area contributed by atoms with E-state index in [0.717, 1.165) is 11.1 Å². The van der Waals surface area contributed by atoms with Gasteiger partial charge < -0.3 is 18.9 Å². The smallest absolute Gasteiger partial charge is 0.232 e. The number of carbonyl (C=O) groups excluding carboxylic acids is 1. The minimum atomic E-state index is -0.486. The summed E-state index contributed by atoms with van der Waals surface area (Å²) in [6.45, 7) is 3.20. The summed E-state index contributed by atoms with van der Waals surface area (Å²) in [7, 11) is 1.57. The molecule has 4 rings (SSSR count). The van der Waals surface area contributed by atoms with Gasteiger partial charge in [0.15, 0.2) is 11.5 Å². The van der Waals surface area contributed by atoms with Crippen LogP contribution in [0.4, 0.5) is 4.39 Å². The molecular formula is C22H21ClFN3O4. The molecule has 2 aromatic carbocycles. The number of nitrogens with zero attached hydrogens (tertiary/aromatic N) is 3. The van der Waals surface area contributed by atoms with Gasteiger partial charge in [-0.25, -0.2) is 4.39 Å². The Morgan fingerprint density at radius 3 is 2.84 bits per heavy atom. The van der Waals surface area contributed by atoms with Gasteiger partial charge in [-0.1, -0.05) is 22.8 Å². The third-order valence-corrected chi connectivity index (χ3v) is 5.37. The highest BCUT2D eigenvalue weighted by Crippen LogP contribution is 2.33. The molecule has 1 aliphatic rings. The Kier molecular flexibility index (Phi) is 6.08. The van der Waals surface area contributed by atoms with E-state index in [2.05, 4.69) is 10.1 Å². The first kappa shape index (κ1) is 21.1. The molecule has 1 fully saturated rings.